The molecule has 1 aliphatic heterocycles. The van der Waals surface area contributed by atoms with E-state index in [1.807, 2.05) is 19.9 Å². The summed E-state index contributed by atoms with van der Waals surface area (Å²) in [7, 11) is 0. The van der Waals surface area contributed by atoms with Gasteiger partial charge >= 0.3 is 5.97 Å². The maximum absolute atomic E-state index is 11.8. The Morgan fingerprint density at radius 3 is 2.72 bits per heavy atom. The molecule has 1 aliphatic carbocycles. The maximum Gasteiger partial charge on any atom is 0.309 e. The van der Waals surface area contributed by atoms with Crippen molar-refractivity contribution in [3.05, 3.63) is 23.8 Å². The Hall–Kier alpha value is -1.38. The molecule has 0 aromatic carbocycles. The molecule has 3 nitrogen and oxygen atoms in total. The highest BCUT2D eigenvalue weighted by Gasteiger charge is 2.40. The van der Waals surface area contributed by atoms with Crippen molar-refractivity contribution in [2.24, 2.45) is 11.8 Å². The summed E-state index contributed by atoms with van der Waals surface area (Å²) in [4.78, 5) is 23.4. The fourth-order valence-corrected chi connectivity index (χ4v) is 2.69. The van der Waals surface area contributed by atoms with Gasteiger partial charge in [0.15, 0.2) is 5.78 Å². The van der Waals surface area contributed by atoms with Crippen LogP contribution in [0.3, 0.4) is 0 Å². The highest BCUT2D eigenvalue weighted by molar-refractivity contribution is 5.94. The SMILES string of the molecule is C=C1CC[C@@H]2[C@@H](/C=C(\C)CCC1=O)OC(=O)[C@@H]2C. The second kappa shape index (κ2) is 5.09. The van der Waals surface area contributed by atoms with Crippen molar-refractivity contribution in [3.63, 3.8) is 0 Å². The predicted octanol–water partition coefficient (Wildman–Crippen LogP) is 2.81. The molecule has 0 unspecified atom stereocenters. The number of rotatable bonds is 0. The molecule has 0 bridgehead atoms. The summed E-state index contributed by atoms with van der Waals surface area (Å²) in [6.45, 7) is 7.76. The van der Waals surface area contributed by atoms with Gasteiger partial charge in [0.25, 0.3) is 0 Å². The number of allylic oxidation sites excluding steroid dienone is 2. The summed E-state index contributed by atoms with van der Waals surface area (Å²) < 4.78 is 5.41. The summed E-state index contributed by atoms with van der Waals surface area (Å²) >= 11 is 0. The van der Waals surface area contributed by atoms with Crippen molar-refractivity contribution >= 4 is 11.8 Å². The van der Waals surface area contributed by atoms with Crippen molar-refractivity contribution in [2.75, 3.05) is 0 Å². The molecule has 2 rings (SSSR count). The molecule has 3 heteroatoms. The lowest BCUT2D eigenvalue weighted by Gasteiger charge is -2.19. The van der Waals surface area contributed by atoms with Crippen LogP contribution < -0.4 is 0 Å². The average molecular weight is 248 g/mol. The second-order valence-electron chi connectivity index (χ2n) is 5.43. The molecule has 2 aliphatic rings. The van der Waals surface area contributed by atoms with Crippen LogP contribution in [0.2, 0.25) is 0 Å². The first-order chi connectivity index (χ1) is 8.49. The van der Waals surface area contributed by atoms with Gasteiger partial charge in [0.2, 0.25) is 0 Å². The van der Waals surface area contributed by atoms with E-state index in [0.717, 1.165) is 18.4 Å². The van der Waals surface area contributed by atoms with Crippen molar-refractivity contribution in [3.8, 4) is 0 Å². The van der Waals surface area contributed by atoms with Crippen LogP contribution in [-0.2, 0) is 14.3 Å². The maximum atomic E-state index is 11.8. The van der Waals surface area contributed by atoms with E-state index in [4.69, 9.17) is 4.74 Å². The molecule has 18 heavy (non-hydrogen) atoms. The number of ether oxygens (including phenoxy) is 1. The van der Waals surface area contributed by atoms with Gasteiger partial charge in [-0.05, 0) is 37.8 Å². The smallest absolute Gasteiger partial charge is 0.309 e. The quantitative estimate of drug-likeness (QED) is 0.376. The Balaban J connectivity index is 2.23. The van der Waals surface area contributed by atoms with Crippen LogP contribution in [0.15, 0.2) is 23.8 Å². The van der Waals surface area contributed by atoms with Gasteiger partial charge in [0.05, 0.1) is 5.92 Å². The molecule has 0 radical (unpaired) electrons. The van der Waals surface area contributed by atoms with Crippen molar-refractivity contribution in [1.82, 2.24) is 0 Å². The Labute approximate surface area is 108 Å². The molecule has 0 amide bonds. The monoisotopic (exact) mass is 248 g/mol. The van der Waals surface area contributed by atoms with Crippen LogP contribution in [0.25, 0.3) is 0 Å². The first-order valence-corrected chi connectivity index (χ1v) is 6.58. The fraction of sp³-hybridized carbons (Fsp3) is 0.600. The van der Waals surface area contributed by atoms with E-state index >= 15 is 0 Å². The predicted molar refractivity (Wildman–Crippen MR) is 68.9 cm³/mol. The first kappa shape index (κ1) is 13.1. The normalized spacial score (nSPS) is 36.7. The lowest BCUT2D eigenvalue weighted by molar-refractivity contribution is -0.142. The summed E-state index contributed by atoms with van der Waals surface area (Å²) in [5.74, 6) is 0.126. The zero-order valence-corrected chi connectivity index (χ0v) is 11.1. The van der Waals surface area contributed by atoms with Crippen LogP contribution in [0.1, 0.15) is 39.5 Å². The minimum atomic E-state index is -0.120. The number of carbonyl (C=O) groups is 2. The lowest BCUT2D eigenvalue weighted by atomic mass is 9.84. The Morgan fingerprint density at radius 2 is 2.00 bits per heavy atom. The van der Waals surface area contributed by atoms with Gasteiger partial charge in [-0.25, -0.2) is 0 Å². The molecule has 0 N–H and O–H groups in total. The largest absolute Gasteiger partial charge is 0.458 e. The van der Waals surface area contributed by atoms with Crippen LogP contribution in [-0.4, -0.2) is 17.9 Å². The van der Waals surface area contributed by atoms with Crippen molar-refractivity contribution < 1.29 is 14.3 Å². The van der Waals surface area contributed by atoms with Gasteiger partial charge < -0.3 is 4.74 Å². The van der Waals surface area contributed by atoms with E-state index in [0.29, 0.717) is 18.4 Å². The molecule has 0 aromatic heterocycles. The number of ketones is 1. The third kappa shape index (κ3) is 2.55. The van der Waals surface area contributed by atoms with Gasteiger partial charge in [-0.3, -0.25) is 9.59 Å². The first-order valence-electron chi connectivity index (χ1n) is 6.58. The Kier molecular flexibility index (Phi) is 3.69. The van der Waals surface area contributed by atoms with Crippen LogP contribution >= 0.6 is 0 Å². The van der Waals surface area contributed by atoms with Gasteiger partial charge in [0.1, 0.15) is 6.10 Å². The van der Waals surface area contributed by atoms with Crippen molar-refractivity contribution in [1.29, 1.82) is 0 Å². The highest BCUT2D eigenvalue weighted by atomic mass is 16.6. The average Bonchev–Trinajstić information content (AvgIpc) is 2.58. The third-order valence-corrected chi connectivity index (χ3v) is 4.06. The van der Waals surface area contributed by atoms with Gasteiger partial charge in [-0.2, -0.15) is 0 Å². The molecular weight excluding hydrogens is 228 g/mol. The number of carbonyl (C=O) groups excluding carboxylic acids is 2. The van der Waals surface area contributed by atoms with E-state index in [1.54, 1.807) is 0 Å². The molecule has 1 heterocycles. The molecule has 0 aromatic rings. The Bertz CT molecular complexity index is 419. The zero-order valence-electron chi connectivity index (χ0n) is 11.1. The minimum Gasteiger partial charge on any atom is -0.458 e. The minimum absolute atomic E-state index is 0.0821. The van der Waals surface area contributed by atoms with Gasteiger partial charge in [0, 0.05) is 12.3 Å². The fourth-order valence-electron chi connectivity index (χ4n) is 2.69. The van der Waals surface area contributed by atoms with E-state index in [-0.39, 0.29) is 29.7 Å². The highest BCUT2D eigenvalue weighted by Crippen LogP contribution is 2.35. The van der Waals surface area contributed by atoms with Gasteiger partial charge in [-0.15, -0.1) is 0 Å². The van der Waals surface area contributed by atoms with E-state index in [9.17, 15) is 9.59 Å². The van der Waals surface area contributed by atoms with E-state index in [2.05, 4.69) is 6.58 Å². The lowest BCUT2D eigenvalue weighted by Crippen LogP contribution is -2.20. The van der Waals surface area contributed by atoms with E-state index < -0.39 is 0 Å². The molecule has 1 saturated heterocycles. The molecule has 1 fully saturated rings. The van der Waals surface area contributed by atoms with Crippen molar-refractivity contribution in [2.45, 2.75) is 45.6 Å². The van der Waals surface area contributed by atoms with Crippen LogP contribution in [0.5, 0.6) is 0 Å². The molecule has 0 saturated carbocycles. The summed E-state index contributed by atoms with van der Waals surface area (Å²) in [5.41, 5.74) is 1.81. The zero-order chi connectivity index (χ0) is 13.3. The number of fused-ring (bicyclic) bond motifs is 1. The number of hydrogen-bond donors (Lipinski definition) is 0. The summed E-state index contributed by atoms with van der Waals surface area (Å²) in [5, 5.41) is 0. The number of esters is 1. The van der Waals surface area contributed by atoms with Crippen LogP contribution in [0.4, 0.5) is 0 Å². The van der Waals surface area contributed by atoms with Crippen LogP contribution in [0, 0.1) is 11.8 Å². The molecule has 0 spiro atoms. The number of Topliss-reactive ketones (excluding diaryl/α,β-unsaturated/α-hetero) is 1. The Morgan fingerprint density at radius 1 is 1.28 bits per heavy atom. The number of hydrogen-bond acceptors (Lipinski definition) is 3. The third-order valence-electron chi connectivity index (χ3n) is 4.06. The van der Waals surface area contributed by atoms with E-state index in [1.165, 1.54) is 0 Å². The standard InChI is InChI=1S/C15H20O3/c1-9-4-7-13(16)10(2)5-6-12-11(3)15(17)18-14(12)8-9/h8,11-12,14H,2,4-7H2,1,3H3/b9-8+/t11-,12+,14-/m1/s1. The molecular formula is C15H20O3. The second-order valence-corrected chi connectivity index (χ2v) is 5.43. The summed E-state index contributed by atoms with van der Waals surface area (Å²) in [6.07, 6.45) is 4.62. The van der Waals surface area contributed by atoms with Gasteiger partial charge in [-0.1, -0.05) is 19.1 Å². The molecule has 98 valence electrons. The topological polar surface area (TPSA) is 43.4 Å². The summed E-state index contributed by atoms with van der Waals surface area (Å²) in [6, 6.07) is 0. The molecule has 3 atom stereocenters.